The van der Waals surface area contributed by atoms with Crippen molar-refractivity contribution in [2.24, 2.45) is 0 Å². The number of carbonyl (C=O) groups excluding carboxylic acids is 1. The highest BCUT2D eigenvalue weighted by Crippen LogP contribution is 2.29. The Labute approximate surface area is 110 Å². The quantitative estimate of drug-likeness (QED) is 0.745. The molecule has 2 N–H and O–H groups in total. The molecule has 1 heterocycles. The zero-order valence-corrected chi connectivity index (χ0v) is 11.3. The molecule has 0 aliphatic carbocycles. The monoisotopic (exact) mass is 271 g/mol. The number of rotatable bonds is 7. The molecule has 0 atom stereocenters. The highest BCUT2D eigenvalue weighted by Gasteiger charge is 2.16. The standard InChI is InChI=1S/C12H17NO4S/c1-3-8-7-9(12(16)17-4-2)11(18-8)13-6-5-10(14)15/h7,13H,3-6H2,1-2H3,(H,14,15). The number of aryl methyl sites for hydroxylation is 1. The summed E-state index contributed by atoms with van der Waals surface area (Å²) < 4.78 is 4.97. The molecule has 0 saturated heterocycles. The van der Waals surface area contributed by atoms with E-state index < -0.39 is 5.97 Å². The number of thiophene rings is 1. The first-order valence-electron chi connectivity index (χ1n) is 5.84. The fourth-order valence-electron chi connectivity index (χ4n) is 1.39. The minimum absolute atomic E-state index is 0.0155. The molecule has 0 aliphatic rings. The number of esters is 1. The largest absolute Gasteiger partial charge is 0.481 e. The average molecular weight is 271 g/mol. The predicted molar refractivity (Wildman–Crippen MR) is 70.4 cm³/mol. The number of carboxylic acid groups (broad SMARTS) is 1. The van der Waals surface area contributed by atoms with Crippen molar-refractivity contribution in [3.05, 3.63) is 16.5 Å². The summed E-state index contributed by atoms with van der Waals surface area (Å²) in [6.45, 7) is 4.38. The summed E-state index contributed by atoms with van der Waals surface area (Å²) in [5.74, 6) is -1.24. The van der Waals surface area contributed by atoms with E-state index in [1.165, 1.54) is 11.3 Å². The van der Waals surface area contributed by atoms with Crippen molar-refractivity contribution in [1.82, 2.24) is 0 Å². The second-order valence-electron chi connectivity index (χ2n) is 3.60. The zero-order valence-electron chi connectivity index (χ0n) is 10.5. The van der Waals surface area contributed by atoms with Gasteiger partial charge in [0, 0.05) is 11.4 Å². The lowest BCUT2D eigenvalue weighted by Crippen LogP contribution is -2.10. The van der Waals surface area contributed by atoms with Crippen LogP contribution in [0.25, 0.3) is 0 Å². The van der Waals surface area contributed by atoms with Crippen LogP contribution in [-0.4, -0.2) is 30.2 Å². The topological polar surface area (TPSA) is 75.6 Å². The number of anilines is 1. The maximum absolute atomic E-state index is 11.7. The van der Waals surface area contributed by atoms with Gasteiger partial charge in [0.1, 0.15) is 5.00 Å². The van der Waals surface area contributed by atoms with Crippen molar-refractivity contribution < 1.29 is 19.4 Å². The third-order valence-corrected chi connectivity index (χ3v) is 3.49. The molecule has 0 aromatic carbocycles. The molecule has 18 heavy (non-hydrogen) atoms. The van der Waals surface area contributed by atoms with Gasteiger partial charge < -0.3 is 15.2 Å². The Morgan fingerprint density at radius 3 is 2.72 bits per heavy atom. The molecule has 0 unspecified atom stereocenters. The summed E-state index contributed by atoms with van der Waals surface area (Å²) in [6, 6.07) is 1.80. The van der Waals surface area contributed by atoms with Crippen LogP contribution < -0.4 is 5.32 Å². The molecule has 100 valence electrons. The van der Waals surface area contributed by atoms with Crippen LogP contribution in [0.1, 0.15) is 35.5 Å². The van der Waals surface area contributed by atoms with Crippen molar-refractivity contribution in [3.63, 3.8) is 0 Å². The van der Waals surface area contributed by atoms with Crippen LogP contribution in [0.15, 0.2) is 6.07 Å². The van der Waals surface area contributed by atoms with E-state index in [0.717, 1.165) is 11.3 Å². The minimum Gasteiger partial charge on any atom is -0.481 e. The Morgan fingerprint density at radius 2 is 2.17 bits per heavy atom. The summed E-state index contributed by atoms with van der Waals surface area (Å²) in [4.78, 5) is 23.2. The number of hydrogen-bond donors (Lipinski definition) is 2. The Morgan fingerprint density at radius 1 is 1.44 bits per heavy atom. The van der Waals surface area contributed by atoms with Gasteiger partial charge in [0.2, 0.25) is 0 Å². The van der Waals surface area contributed by atoms with Gasteiger partial charge in [-0.15, -0.1) is 11.3 Å². The van der Waals surface area contributed by atoms with E-state index in [2.05, 4.69) is 5.32 Å². The van der Waals surface area contributed by atoms with E-state index in [1.807, 2.05) is 6.92 Å². The Balaban J connectivity index is 2.77. The maximum atomic E-state index is 11.7. The van der Waals surface area contributed by atoms with Gasteiger partial charge in [0.25, 0.3) is 0 Å². The summed E-state index contributed by atoms with van der Waals surface area (Å²) in [7, 11) is 0. The molecule has 0 radical (unpaired) electrons. The molecule has 5 nitrogen and oxygen atoms in total. The van der Waals surface area contributed by atoms with E-state index in [0.29, 0.717) is 23.7 Å². The second kappa shape index (κ2) is 7.00. The van der Waals surface area contributed by atoms with Crippen LogP contribution in [0.2, 0.25) is 0 Å². The molecule has 1 rings (SSSR count). The first kappa shape index (κ1) is 14.5. The van der Waals surface area contributed by atoms with Gasteiger partial charge in [-0.25, -0.2) is 4.79 Å². The number of ether oxygens (including phenoxy) is 1. The van der Waals surface area contributed by atoms with Gasteiger partial charge in [0.05, 0.1) is 18.6 Å². The molecular weight excluding hydrogens is 254 g/mol. The maximum Gasteiger partial charge on any atom is 0.341 e. The molecule has 1 aromatic heterocycles. The first-order valence-corrected chi connectivity index (χ1v) is 6.65. The molecule has 0 spiro atoms. The van der Waals surface area contributed by atoms with E-state index >= 15 is 0 Å². The summed E-state index contributed by atoms with van der Waals surface area (Å²) in [6.07, 6.45) is 0.847. The van der Waals surface area contributed by atoms with Gasteiger partial charge in [0.15, 0.2) is 0 Å². The van der Waals surface area contributed by atoms with Gasteiger partial charge >= 0.3 is 11.9 Å². The summed E-state index contributed by atoms with van der Waals surface area (Å²) in [5, 5.41) is 12.2. The van der Waals surface area contributed by atoms with Crippen LogP contribution in [0.5, 0.6) is 0 Å². The lowest BCUT2D eigenvalue weighted by Gasteiger charge is -2.05. The first-order chi connectivity index (χ1) is 8.58. The highest BCUT2D eigenvalue weighted by molar-refractivity contribution is 7.16. The number of aliphatic carboxylic acids is 1. The molecular formula is C12H17NO4S. The Hall–Kier alpha value is -1.56. The molecule has 0 bridgehead atoms. The number of carbonyl (C=O) groups is 2. The van der Waals surface area contributed by atoms with E-state index in [1.54, 1.807) is 13.0 Å². The van der Waals surface area contributed by atoms with Gasteiger partial charge in [-0.05, 0) is 19.4 Å². The predicted octanol–water partition coefficient (Wildman–Crippen LogP) is 2.37. The summed E-state index contributed by atoms with van der Waals surface area (Å²) >= 11 is 1.46. The molecule has 0 saturated carbocycles. The van der Waals surface area contributed by atoms with Gasteiger partial charge in [-0.3, -0.25) is 4.79 Å². The molecule has 0 amide bonds. The number of carboxylic acids is 1. The van der Waals surface area contributed by atoms with E-state index in [9.17, 15) is 9.59 Å². The van der Waals surface area contributed by atoms with Crippen molar-refractivity contribution in [2.45, 2.75) is 26.7 Å². The van der Waals surface area contributed by atoms with Crippen molar-refractivity contribution in [2.75, 3.05) is 18.5 Å². The fraction of sp³-hybridized carbons (Fsp3) is 0.500. The second-order valence-corrected chi connectivity index (χ2v) is 4.74. The lowest BCUT2D eigenvalue weighted by molar-refractivity contribution is -0.136. The van der Waals surface area contributed by atoms with Crippen molar-refractivity contribution in [1.29, 1.82) is 0 Å². The summed E-state index contributed by atoms with van der Waals surface area (Å²) in [5.41, 5.74) is 0.490. The van der Waals surface area contributed by atoms with Crippen molar-refractivity contribution >= 4 is 28.3 Å². The number of hydrogen-bond acceptors (Lipinski definition) is 5. The highest BCUT2D eigenvalue weighted by atomic mass is 32.1. The van der Waals surface area contributed by atoms with Gasteiger partial charge in [-0.1, -0.05) is 6.92 Å². The van der Waals surface area contributed by atoms with Crippen LogP contribution in [0, 0.1) is 0 Å². The molecule has 0 aliphatic heterocycles. The Kier molecular flexibility index (Phi) is 5.64. The zero-order chi connectivity index (χ0) is 13.5. The number of nitrogens with one attached hydrogen (secondary N) is 1. The molecule has 6 heteroatoms. The lowest BCUT2D eigenvalue weighted by atomic mass is 10.2. The van der Waals surface area contributed by atoms with E-state index in [4.69, 9.17) is 9.84 Å². The smallest absolute Gasteiger partial charge is 0.341 e. The molecule has 0 fully saturated rings. The Bertz CT molecular complexity index is 428. The fourth-order valence-corrected chi connectivity index (χ4v) is 2.40. The van der Waals surface area contributed by atoms with Crippen molar-refractivity contribution in [3.8, 4) is 0 Å². The van der Waals surface area contributed by atoms with Gasteiger partial charge in [-0.2, -0.15) is 0 Å². The molecule has 1 aromatic rings. The van der Waals surface area contributed by atoms with Crippen LogP contribution >= 0.6 is 11.3 Å². The normalized spacial score (nSPS) is 10.1. The van der Waals surface area contributed by atoms with Crippen LogP contribution in [0.4, 0.5) is 5.00 Å². The van der Waals surface area contributed by atoms with Crippen LogP contribution in [-0.2, 0) is 16.0 Å². The van der Waals surface area contributed by atoms with Crippen LogP contribution in [0.3, 0.4) is 0 Å². The SMILES string of the molecule is CCOC(=O)c1cc(CC)sc1NCCC(=O)O. The van der Waals surface area contributed by atoms with E-state index in [-0.39, 0.29) is 12.4 Å². The third-order valence-electron chi connectivity index (χ3n) is 2.25. The third kappa shape index (κ3) is 4.03. The average Bonchev–Trinajstić information content (AvgIpc) is 2.72. The minimum atomic E-state index is -0.868.